The number of imidazole rings is 1. The van der Waals surface area contributed by atoms with E-state index in [0.29, 0.717) is 5.69 Å². The van der Waals surface area contributed by atoms with Gasteiger partial charge in [0, 0.05) is 12.7 Å². The van der Waals surface area contributed by atoms with E-state index >= 15 is 0 Å². The Kier molecular flexibility index (Phi) is 2.70. The second-order valence-electron chi connectivity index (χ2n) is 3.98. The molecule has 0 spiro atoms. The molecule has 2 aromatic rings. The van der Waals surface area contributed by atoms with Gasteiger partial charge < -0.3 is 20.7 Å². The quantitative estimate of drug-likeness (QED) is 0.673. The van der Waals surface area contributed by atoms with Crippen molar-refractivity contribution in [1.29, 1.82) is 0 Å². The number of aromatic amines is 1. The van der Waals surface area contributed by atoms with E-state index in [4.69, 9.17) is 10.8 Å². The summed E-state index contributed by atoms with van der Waals surface area (Å²) in [5.74, 6) is 0.738. The molecule has 1 unspecified atom stereocenters. The Bertz CT molecular complexity index is 494. The zero-order chi connectivity index (χ0) is 11.7. The third-order valence-electron chi connectivity index (χ3n) is 2.75. The molecule has 2 rings (SSSR count). The second kappa shape index (κ2) is 4.02. The van der Waals surface area contributed by atoms with Crippen molar-refractivity contribution < 1.29 is 5.11 Å². The fourth-order valence-corrected chi connectivity index (χ4v) is 1.51. The summed E-state index contributed by atoms with van der Waals surface area (Å²) < 4.78 is 0. The van der Waals surface area contributed by atoms with Crippen LogP contribution in [0.4, 0.5) is 11.6 Å². The average molecular weight is 220 g/mol. The van der Waals surface area contributed by atoms with Gasteiger partial charge in [-0.1, -0.05) is 0 Å². The summed E-state index contributed by atoms with van der Waals surface area (Å²) in [5.41, 5.74) is 8.19. The zero-order valence-electron chi connectivity index (χ0n) is 9.44. The maximum atomic E-state index is 9.08. The molecule has 1 aromatic heterocycles. The Morgan fingerprint density at radius 1 is 1.56 bits per heavy atom. The molecule has 5 nitrogen and oxygen atoms in total. The maximum absolute atomic E-state index is 9.08. The van der Waals surface area contributed by atoms with Crippen LogP contribution in [-0.4, -0.2) is 34.8 Å². The van der Waals surface area contributed by atoms with Gasteiger partial charge in [-0.15, -0.1) is 0 Å². The number of fused-ring (bicyclic) bond motifs is 1. The van der Waals surface area contributed by atoms with Gasteiger partial charge in [0.2, 0.25) is 5.95 Å². The monoisotopic (exact) mass is 220 g/mol. The molecule has 16 heavy (non-hydrogen) atoms. The smallest absolute Gasteiger partial charge is 0.203 e. The molecule has 4 N–H and O–H groups in total. The van der Waals surface area contributed by atoms with Crippen LogP contribution in [0.25, 0.3) is 11.0 Å². The number of anilines is 2. The van der Waals surface area contributed by atoms with E-state index in [1.165, 1.54) is 0 Å². The number of nitrogens with one attached hydrogen (secondary N) is 1. The number of rotatable bonds is 3. The van der Waals surface area contributed by atoms with Crippen LogP contribution in [0, 0.1) is 0 Å². The highest BCUT2D eigenvalue weighted by atomic mass is 16.3. The Labute approximate surface area is 93.9 Å². The second-order valence-corrected chi connectivity index (χ2v) is 3.98. The minimum atomic E-state index is 0.0258. The summed E-state index contributed by atoms with van der Waals surface area (Å²) in [7, 11) is 1.89. The number of nitrogens with zero attached hydrogens (tertiary/aromatic N) is 2. The van der Waals surface area contributed by atoms with Crippen molar-refractivity contribution in [2.45, 2.75) is 13.0 Å². The summed E-state index contributed by atoms with van der Waals surface area (Å²) in [4.78, 5) is 9.50. The molecule has 0 saturated heterocycles. The summed E-state index contributed by atoms with van der Waals surface area (Å²) in [5, 5.41) is 9.08. The summed E-state index contributed by atoms with van der Waals surface area (Å²) >= 11 is 0. The fraction of sp³-hybridized carbons (Fsp3) is 0.364. The number of aliphatic hydroxyl groups excluding tert-OH is 1. The molecular formula is C11H16N4O. The standard InChI is InChI=1S/C11H16N4O/c1-7(6-16)15(2)11-13-9-4-3-8(12)5-10(9)14-11/h3-5,7,16H,6,12H2,1-2H3,(H,13,14). The van der Waals surface area contributed by atoms with Crippen LogP contribution < -0.4 is 10.6 Å². The van der Waals surface area contributed by atoms with Gasteiger partial charge in [0.1, 0.15) is 0 Å². The lowest BCUT2D eigenvalue weighted by molar-refractivity contribution is 0.269. The molecule has 0 amide bonds. The molecule has 5 heteroatoms. The van der Waals surface area contributed by atoms with Crippen molar-refractivity contribution in [2.75, 3.05) is 24.3 Å². The van der Waals surface area contributed by atoms with Crippen molar-refractivity contribution in [3.05, 3.63) is 18.2 Å². The number of likely N-dealkylation sites (N-methyl/N-ethyl adjacent to an activating group) is 1. The lowest BCUT2D eigenvalue weighted by Gasteiger charge is -2.21. The molecule has 0 aliphatic carbocycles. The van der Waals surface area contributed by atoms with E-state index in [1.54, 1.807) is 0 Å². The van der Waals surface area contributed by atoms with Gasteiger partial charge in [-0.3, -0.25) is 0 Å². The largest absolute Gasteiger partial charge is 0.399 e. The molecular weight excluding hydrogens is 204 g/mol. The van der Waals surface area contributed by atoms with E-state index in [-0.39, 0.29) is 12.6 Å². The van der Waals surface area contributed by atoms with E-state index < -0.39 is 0 Å². The highest BCUT2D eigenvalue weighted by Gasteiger charge is 2.12. The van der Waals surface area contributed by atoms with Gasteiger partial charge in [0.15, 0.2) is 0 Å². The van der Waals surface area contributed by atoms with Gasteiger partial charge in [-0.25, -0.2) is 4.98 Å². The van der Waals surface area contributed by atoms with E-state index in [0.717, 1.165) is 17.0 Å². The van der Waals surface area contributed by atoms with Crippen LogP contribution in [0.2, 0.25) is 0 Å². The van der Waals surface area contributed by atoms with Crippen LogP contribution in [0.5, 0.6) is 0 Å². The van der Waals surface area contributed by atoms with Crippen molar-refractivity contribution in [1.82, 2.24) is 9.97 Å². The molecule has 0 aliphatic rings. The van der Waals surface area contributed by atoms with Gasteiger partial charge >= 0.3 is 0 Å². The van der Waals surface area contributed by atoms with E-state index in [2.05, 4.69) is 9.97 Å². The molecule has 0 fully saturated rings. The van der Waals surface area contributed by atoms with Crippen LogP contribution >= 0.6 is 0 Å². The highest BCUT2D eigenvalue weighted by molar-refractivity contribution is 5.80. The van der Waals surface area contributed by atoms with Gasteiger partial charge in [-0.05, 0) is 25.1 Å². The minimum absolute atomic E-state index is 0.0258. The predicted molar refractivity (Wildman–Crippen MR) is 65.5 cm³/mol. The number of benzene rings is 1. The molecule has 86 valence electrons. The SMILES string of the molecule is CC(CO)N(C)c1nc2ccc(N)cc2[nH]1. The topological polar surface area (TPSA) is 78.2 Å². The van der Waals surface area contributed by atoms with E-state index in [9.17, 15) is 0 Å². The third-order valence-corrected chi connectivity index (χ3v) is 2.75. The molecule has 0 saturated carbocycles. The fourth-order valence-electron chi connectivity index (χ4n) is 1.51. The summed E-state index contributed by atoms with van der Waals surface area (Å²) in [6.07, 6.45) is 0. The lowest BCUT2D eigenvalue weighted by atomic mass is 10.3. The minimum Gasteiger partial charge on any atom is -0.399 e. The number of nitrogens with two attached hydrogens (primary N) is 1. The van der Waals surface area contributed by atoms with Gasteiger partial charge in [0.05, 0.1) is 23.7 Å². The normalized spacial score (nSPS) is 12.9. The van der Waals surface area contributed by atoms with Crippen molar-refractivity contribution in [3.8, 4) is 0 Å². The first-order valence-corrected chi connectivity index (χ1v) is 5.20. The average Bonchev–Trinajstić information content (AvgIpc) is 2.69. The number of aromatic nitrogens is 2. The Morgan fingerprint density at radius 3 is 3.00 bits per heavy atom. The van der Waals surface area contributed by atoms with Crippen molar-refractivity contribution in [3.63, 3.8) is 0 Å². The van der Waals surface area contributed by atoms with Crippen LogP contribution in [-0.2, 0) is 0 Å². The molecule has 0 aliphatic heterocycles. The Balaban J connectivity index is 2.39. The van der Waals surface area contributed by atoms with Crippen molar-refractivity contribution >= 4 is 22.7 Å². The van der Waals surface area contributed by atoms with Gasteiger partial charge in [-0.2, -0.15) is 0 Å². The first-order chi connectivity index (χ1) is 7.61. The zero-order valence-corrected chi connectivity index (χ0v) is 9.44. The molecule has 1 atom stereocenters. The number of hydrogen-bond acceptors (Lipinski definition) is 4. The maximum Gasteiger partial charge on any atom is 0.203 e. The molecule has 1 aromatic carbocycles. The van der Waals surface area contributed by atoms with E-state index in [1.807, 2.05) is 37.1 Å². The first-order valence-electron chi connectivity index (χ1n) is 5.20. The summed E-state index contributed by atoms with van der Waals surface area (Å²) in [6.45, 7) is 2.03. The Morgan fingerprint density at radius 2 is 2.31 bits per heavy atom. The number of aliphatic hydroxyl groups is 1. The first kappa shape index (κ1) is 10.8. The molecule has 0 bridgehead atoms. The third kappa shape index (κ3) is 1.81. The van der Waals surface area contributed by atoms with Crippen LogP contribution in [0.15, 0.2) is 18.2 Å². The van der Waals surface area contributed by atoms with Crippen LogP contribution in [0.1, 0.15) is 6.92 Å². The lowest BCUT2D eigenvalue weighted by Crippen LogP contribution is -2.32. The van der Waals surface area contributed by atoms with Crippen LogP contribution in [0.3, 0.4) is 0 Å². The molecule has 1 heterocycles. The Hall–Kier alpha value is -1.75. The highest BCUT2D eigenvalue weighted by Crippen LogP contribution is 2.19. The number of H-pyrrole nitrogens is 1. The summed E-state index contributed by atoms with van der Waals surface area (Å²) in [6, 6.07) is 5.58. The molecule has 0 radical (unpaired) electrons. The number of hydrogen-bond donors (Lipinski definition) is 3. The number of nitrogen functional groups attached to an aromatic ring is 1. The van der Waals surface area contributed by atoms with Gasteiger partial charge in [0.25, 0.3) is 0 Å². The van der Waals surface area contributed by atoms with Crippen molar-refractivity contribution in [2.24, 2.45) is 0 Å². The predicted octanol–water partition coefficient (Wildman–Crippen LogP) is 0.962.